The molecule has 9 nitrogen and oxygen atoms in total. The average Bonchev–Trinajstić information content (AvgIpc) is 3.17. The number of carbonyl (C=O) groups excluding carboxylic acids is 3. The lowest BCUT2D eigenvalue weighted by atomic mass is 10.2. The first kappa shape index (κ1) is 20.0. The minimum absolute atomic E-state index is 0.0336. The van der Waals surface area contributed by atoms with Crippen LogP contribution in [-0.2, 0) is 0 Å². The van der Waals surface area contributed by atoms with Gasteiger partial charge in [0.15, 0.2) is 5.69 Å². The van der Waals surface area contributed by atoms with Crippen LogP contribution in [0.3, 0.4) is 0 Å². The first-order chi connectivity index (χ1) is 13.8. The number of halogens is 2. The van der Waals surface area contributed by atoms with E-state index in [1.54, 1.807) is 0 Å². The lowest BCUT2D eigenvalue weighted by Gasteiger charge is -2.16. The summed E-state index contributed by atoms with van der Waals surface area (Å²) < 4.78 is 13.1. The summed E-state index contributed by atoms with van der Waals surface area (Å²) in [5.74, 6) is -2.32. The summed E-state index contributed by atoms with van der Waals surface area (Å²) >= 11 is 5.87. The Balaban J connectivity index is 1.74. The number of nitrogens with two attached hydrogens (primary N) is 1. The van der Waals surface area contributed by atoms with Crippen LogP contribution >= 0.6 is 11.6 Å². The molecule has 0 aliphatic heterocycles. The molecule has 4 N–H and O–H groups in total. The second kappa shape index (κ2) is 8.07. The molecular formula is C18H14ClFN6O3. The number of primary amides is 1. The number of anilines is 2. The van der Waals surface area contributed by atoms with E-state index in [2.05, 4.69) is 20.3 Å². The van der Waals surface area contributed by atoms with Crippen LogP contribution in [-0.4, -0.2) is 39.7 Å². The largest absolute Gasteiger partial charge is 0.364 e. The van der Waals surface area contributed by atoms with Crippen molar-refractivity contribution in [3.8, 4) is 0 Å². The van der Waals surface area contributed by atoms with Gasteiger partial charge in [-0.3, -0.25) is 14.4 Å². The van der Waals surface area contributed by atoms with E-state index >= 15 is 0 Å². The minimum Gasteiger partial charge on any atom is -0.364 e. The van der Waals surface area contributed by atoms with Crippen molar-refractivity contribution in [2.24, 2.45) is 5.73 Å². The molecule has 0 saturated heterocycles. The molecule has 0 unspecified atom stereocenters. The third kappa shape index (κ3) is 4.22. The Morgan fingerprint density at radius 3 is 2.59 bits per heavy atom. The summed E-state index contributed by atoms with van der Waals surface area (Å²) in [4.78, 5) is 47.8. The topological polar surface area (TPSA) is 134 Å². The molecule has 0 aliphatic carbocycles. The molecule has 0 spiro atoms. The van der Waals surface area contributed by atoms with Crippen LogP contribution in [0.4, 0.5) is 15.9 Å². The van der Waals surface area contributed by atoms with E-state index in [9.17, 15) is 18.8 Å². The number of amides is 3. The van der Waals surface area contributed by atoms with Gasteiger partial charge in [0.2, 0.25) is 0 Å². The maximum atomic E-state index is 13.1. The zero-order chi connectivity index (χ0) is 21.1. The smallest absolute Gasteiger partial charge is 0.279 e. The van der Waals surface area contributed by atoms with Crippen LogP contribution < -0.4 is 16.0 Å². The molecule has 3 aromatic rings. The molecule has 29 heavy (non-hydrogen) atoms. The van der Waals surface area contributed by atoms with E-state index in [1.807, 2.05) is 0 Å². The molecule has 0 fully saturated rings. The third-order valence-corrected chi connectivity index (χ3v) is 4.26. The Kier molecular flexibility index (Phi) is 5.55. The SMILES string of the molecule is CN(C(=O)c1nc[nH]c1C(N)=O)c1ccc(NC(=O)c2ccc(F)cc2Cl)nc1. The molecule has 3 amide bonds. The van der Waals surface area contributed by atoms with Crippen molar-refractivity contribution in [2.75, 3.05) is 17.3 Å². The molecule has 1 aromatic carbocycles. The van der Waals surface area contributed by atoms with Gasteiger partial charge >= 0.3 is 0 Å². The van der Waals surface area contributed by atoms with Gasteiger partial charge in [0.05, 0.1) is 28.8 Å². The summed E-state index contributed by atoms with van der Waals surface area (Å²) in [6, 6.07) is 6.40. The fourth-order valence-electron chi connectivity index (χ4n) is 2.44. The van der Waals surface area contributed by atoms with Crippen LogP contribution in [0.2, 0.25) is 5.02 Å². The maximum absolute atomic E-state index is 13.1. The quantitative estimate of drug-likeness (QED) is 0.586. The lowest BCUT2D eigenvalue weighted by molar-refractivity contribution is 0.0958. The van der Waals surface area contributed by atoms with E-state index < -0.39 is 23.5 Å². The zero-order valence-corrected chi connectivity index (χ0v) is 15.7. The zero-order valence-electron chi connectivity index (χ0n) is 14.9. The Morgan fingerprint density at radius 1 is 1.21 bits per heavy atom. The van der Waals surface area contributed by atoms with Crippen LogP contribution in [0.1, 0.15) is 31.3 Å². The molecule has 0 saturated carbocycles. The summed E-state index contributed by atoms with van der Waals surface area (Å²) in [5, 5.41) is 2.49. The molecule has 0 bridgehead atoms. The van der Waals surface area contributed by atoms with E-state index in [1.165, 1.54) is 42.7 Å². The van der Waals surface area contributed by atoms with Crippen LogP contribution in [0.25, 0.3) is 0 Å². The predicted octanol–water partition coefficient (Wildman–Crippen LogP) is 2.22. The number of nitrogens with zero attached hydrogens (tertiary/aromatic N) is 3. The van der Waals surface area contributed by atoms with Crippen molar-refractivity contribution < 1.29 is 18.8 Å². The monoisotopic (exact) mass is 416 g/mol. The Hall–Kier alpha value is -3.79. The molecule has 0 aliphatic rings. The van der Waals surface area contributed by atoms with E-state index in [4.69, 9.17) is 17.3 Å². The highest BCUT2D eigenvalue weighted by molar-refractivity contribution is 6.34. The standard InChI is InChI=1S/C18H14ClFN6O3/c1-26(18(29)15-14(16(21)27)23-8-24-15)10-3-5-13(22-7-10)25-17(28)11-4-2-9(20)6-12(11)19/h2-8H,1H3,(H2,21,27)(H,23,24)(H,22,25,28). The van der Waals surface area contributed by atoms with Gasteiger partial charge in [-0.2, -0.15) is 0 Å². The number of imidazole rings is 1. The van der Waals surface area contributed by atoms with Gasteiger partial charge in [-0.05, 0) is 30.3 Å². The Morgan fingerprint density at radius 2 is 1.97 bits per heavy atom. The fraction of sp³-hybridized carbons (Fsp3) is 0.0556. The van der Waals surface area contributed by atoms with Gasteiger partial charge in [-0.25, -0.2) is 14.4 Å². The number of aromatic amines is 1. The van der Waals surface area contributed by atoms with Crippen molar-refractivity contribution >= 4 is 40.8 Å². The normalized spacial score (nSPS) is 10.4. The lowest BCUT2D eigenvalue weighted by Crippen LogP contribution is -2.29. The van der Waals surface area contributed by atoms with Gasteiger partial charge in [0, 0.05) is 7.05 Å². The van der Waals surface area contributed by atoms with Gasteiger partial charge in [0.1, 0.15) is 17.3 Å². The molecular weight excluding hydrogens is 403 g/mol. The van der Waals surface area contributed by atoms with Crippen molar-refractivity contribution in [1.82, 2.24) is 15.0 Å². The predicted molar refractivity (Wildman–Crippen MR) is 103 cm³/mol. The van der Waals surface area contributed by atoms with Gasteiger partial charge < -0.3 is 20.9 Å². The van der Waals surface area contributed by atoms with Crippen LogP contribution in [0.15, 0.2) is 42.9 Å². The highest BCUT2D eigenvalue weighted by Crippen LogP contribution is 2.20. The highest BCUT2D eigenvalue weighted by atomic mass is 35.5. The second-order valence-electron chi connectivity index (χ2n) is 5.83. The molecule has 0 radical (unpaired) electrons. The number of hydrogen-bond acceptors (Lipinski definition) is 5. The minimum atomic E-state index is -0.810. The number of rotatable bonds is 5. The number of nitrogens with one attached hydrogen (secondary N) is 2. The molecule has 2 aromatic heterocycles. The first-order valence-electron chi connectivity index (χ1n) is 8.11. The first-order valence-corrected chi connectivity index (χ1v) is 8.49. The van der Waals surface area contributed by atoms with Crippen molar-refractivity contribution in [3.63, 3.8) is 0 Å². The van der Waals surface area contributed by atoms with E-state index in [-0.39, 0.29) is 27.8 Å². The molecule has 148 valence electrons. The third-order valence-electron chi connectivity index (χ3n) is 3.95. The number of pyridine rings is 1. The molecule has 11 heteroatoms. The van der Waals surface area contributed by atoms with Gasteiger partial charge in [-0.1, -0.05) is 11.6 Å². The summed E-state index contributed by atoms with van der Waals surface area (Å²) in [7, 11) is 1.47. The van der Waals surface area contributed by atoms with Crippen LogP contribution in [0, 0.1) is 5.82 Å². The van der Waals surface area contributed by atoms with Crippen molar-refractivity contribution in [1.29, 1.82) is 0 Å². The summed E-state index contributed by atoms with van der Waals surface area (Å²) in [5.41, 5.74) is 5.45. The molecule has 0 atom stereocenters. The van der Waals surface area contributed by atoms with Gasteiger partial charge in [-0.15, -0.1) is 0 Å². The summed E-state index contributed by atoms with van der Waals surface area (Å²) in [6.07, 6.45) is 2.54. The van der Waals surface area contributed by atoms with Crippen LogP contribution in [0.5, 0.6) is 0 Å². The molecule has 2 heterocycles. The number of H-pyrrole nitrogens is 1. The average molecular weight is 417 g/mol. The summed E-state index contributed by atoms with van der Waals surface area (Å²) in [6.45, 7) is 0. The van der Waals surface area contributed by atoms with Crippen molar-refractivity contribution in [3.05, 3.63) is 70.6 Å². The number of hydrogen-bond donors (Lipinski definition) is 3. The fourth-order valence-corrected chi connectivity index (χ4v) is 2.69. The van der Waals surface area contributed by atoms with Crippen molar-refractivity contribution in [2.45, 2.75) is 0 Å². The van der Waals surface area contributed by atoms with E-state index in [0.717, 1.165) is 12.1 Å². The molecule has 3 rings (SSSR count). The number of aromatic nitrogens is 3. The Labute approximate surface area is 168 Å². The number of benzene rings is 1. The maximum Gasteiger partial charge on any atom is 0.279 e. The Bertz CT molecular complexity index is 1100. The van der Waals surface area contributed by atoms with Gasteiger partial charge in [0.25, 0.3) is 17.7 Å². The highest BCUT2D eigenvalue weighted by Gasteiger charge is 2.22. The van der Waals surface area contributed by atoms with E-state index in [0.29, 0.717) is 5.69 Å². The number of carbonyl (C=O) groups is 3. The second-order valence-corrected chi connectivity index (χ2v) is 6.24.